The van der Waals surface area contributed by atoms with E-state index < -0.39 is 6.10 Å². The molecule has 4 nitrogen and oxygen atoms in total. The van der Waals surface area contributed by atoms with Crippen LogP contribution in [0, 0.1) is 5.92 Å². The minimum absolute atomic E-state index is 0.00805. The van der Waals surface area contributed by atoms with Crippen molar-refractivity contribution in [2.75, 3.05) is 12.3 Å². The van der Waals surface area contributed by atoms with Crippen molar-refractivity contribution in [1.82, 2.24) is 5.32 Å². The van der Waals surface area contributed by atoms with Gasteiger partial charge >= 0.3 is 0 Å². The van der Waals surface area contributed by atoms with Crippen LogP contribution in [0.3, 0.4) is 0 Å². The smallest absolute Gasteiger partial charge is 0.216 e. The average Bonchev–Trinajstić information content (AvgIpc) is 2.23. The molecule has 2 N–H and O–H groups in total. The highest BCUT2D eigenvalue weighted by atomic mass is 32.2. The predicted molar refractivity (Wildman–Crippen MR) is 66.2 cm³/mol. The van der Waals surface area contributed by atoms with Gasteiger partial charge in [0, 0.05) is 19.2 Å². The summed E-state index contributed by atoms with van der Waals surface area (Å²) in [6.07, 6.45) is 0.972. The van der Waals surface area contributed by atoms with Gasteiger partial charge in [-0.3, -0.25) is 9.59 Å². The van der Waals surface area contributed by atoms with Crippen molar-refractivity contribution in [2.24, 2.45) is 5.92 Å². The molecular formula is C11H21NO3S. The van der Waals surface area contributed by atoms with E-state index in [2.05, 4.69) is 5.32 Å². The van der Waals surface area contributed by atoms with E-state index in [1.807, 2.05) is 6.92 Å². The normalized spacial score (nSPS) is 14.2. The molecule has 0 saturated heterocycles. The first-order chi connectivity index (χ1) is 7.49. The third-order valence-corrected chi connectivity index (χ3v) is 3.32. The van der Waals surface area contributed by atoms with E-state index in [-0.39, 0.29) is 16.9 Å². The second-order valence-electron chi connectivity index (χ2n) is 3.80. The molecule has 0 fully saturated rings. The van der Waals surface area contributed by atoms with Gasteiger partial charge < -0.3 is 10.4 Å². The number of rotatable bonds is 7. The highest BCUT2D eigenvalue weighted by Crippen LogP contribution is 2.17. The second kappa shape index (κ2) is 8.58. The third kappa shape index (κ3) is 6.85. The van der Waals surface area contributed by atoms with E-state index in [1.165, 1.54) is 18.7 Å². The zero-order chi connectivity index (χ0) is 12.6. The molecule has 0 aromatic rings. The fraction of sp³-hybridized carbons (Fsp3) is 0.818. The molecule has 0 aliphatic heterocycles. The molecule has 0 radical (unpaired) electrons. The SMILES string of the molecule is CCC[C@@H](O)[C@H](C)C(=O)SCCNC(C)=O. The number of carbonyl (C=O) groups is 2. The van der Waals surface area contributed by atoms with Gasteiger partial charge in [0.2, 0.25) is 5.91 Å². The van der Waals surface area contributed by atoms with Crippen LogP contribution in [0.25, 0.3) is 0 Å². The molecule has 0 aromatic carbocycles. The third-order valence-electron chi connectivity index (χ3n) is 2.25. The van der Waals surface area contributed by atoms with Gasteiger partial charge in [-0.15, -0.1) is 0 Å². The van der Waals surface area contributed by atoms with Crippen molar-refractivity contribution in [2.45, 2.75) is 39.7 Å². The van der Waals surface area contributed by atoms with Crippen molar-refractivity contribution >= 4 is 22.8 Å². The number of thioether (sulfide) groups is 1. The van der Waals surface area contributed by atoms with E-state index in [4.69, 9.17) is 0 Å². The molecule has 0 saturated carbocycles. The Morgan fingerprint density at radius 3 is 2.56 bits per heavy atom. The van der Waals surface area contributed by atoms with Crippen molar-refractivity contribution < 1.29 is 14.7 Å². The highest BCUT2D eigenvalue weighted by Gasteiger charge is 2.21. The van der Waals surface area contributed by atoms with Gasteiger partial charge in [0.05, 0.1) is 12.0 Å². The van der Waals surface area contributed by atoms with Crippen LogP contribution < -0.4 is 5.32 Å². The average molecular weight is 247 g/mol. The Morgan fingerprint density at radius 2 is 2.06 bits per heavy atom. The predicted octanol–water partition coefficient (Wildman–Crippen LogP) is 1.18. The molecule has 5 heteroatoms. The molecule has 0 unspecified atom stereocenters. The van der Waals surface area contributed by atoms with Gasteiger partial charge in [0.1, 0.15) is 0 Å². The van der Waals surface area contributed by atoms with Crippen LogP contribution in [-0.2, 0) is 9.59 Å². The largest absolute Gasteiger partial charge is 0.392 e. The zero-order valence-electron chi connectivity index (χ0n) is 10.2. The summed E-state index contributed by atoms with van der Waals surface area (Å²) in [4.78, 5) is 22.2. The van der Waals surface area contributed by atoms with Gasteiger partial charge in [-0.05, 0) is 6.42 Å². The molecule has 0 rings (SSSR count). The van der Waals surface area contributed by atoms with Crippen molar-refractivity contribution in [3.63, 3.8) is 0 Å². The van der Waals surface area contributed by atoms with Gasteiger partial charge in [-0.1, -0.05) is 32.0 Å². The van der Waals surface area contributed by atoms with Crippen LogP contribution in [0.5, 0.6) is 0 Å². The number of hydrogen-bond donors (Lipinski definition) is 2. The molecule has 0 heterocycles. The molecule has 16 heavy (non-hydrogen) atoms. The topological polar surface area (TPSA) is 66.4 Å². The zero-order valence-corrected chi connectivity index (χ0v) is 11.0. The van der Waals surface area contributed by atoms with Crippen LogP contribution in [0.4, 0.5) is 0 Å². The van der Waals surface area contributed by atoms with E-state index >= 15 is 0 Å². The first kappa shape index (κ1) is 15.4. The van der Waals surface area contributed by atoms with Gasteiger partial charge in [-0.25, -0.2) is 0 Å². The summed E-state index contributed by atoms with van der Waals surface area (Å²) in [7, 11) is 0. The standard InChI is InChI=1S/C11H21NO3S/c1-4-5-10(14)8(2)11(15)16-7-6-12-9(3)13/h8,10,14H,4-7H2,1-3H3,(H,12,13)/t8-,10+/m0/s1. The van der Waals surface area contributed by atoms with E-state index in [0.29, 0.717) is 18.7 Å². The Kier molecular flexibility index (Phi) is 8.29. The lowest BCUT2D eigenvalue weighted by Crippen LogP contribution is -2.26. The fourth-order valence-electron chi connectivity index (χ4n) is 1.21. The Hall–Kier alpha value is -0.550. The van der Waals surface area contributed by atoms with E-state index in [9.17, 15) is 14.7 Å². The summed E-state index contributed by atoms with van der Waals surface area (Å²) >= 11 is 1.17. The maximum atomic E-state index is 11.6. The molecule has 0 aromatic heterocycles. The summed E-state index contributed by atoms with van der Waals surface area (Å²) in [5.74, 6) is 0.135. The number of carbonyl (C=O) groups excluding carboxylic acids is 2. The lowest BCUT2D eigenvalue weighted by molar-refractivity contribution is -0.119. The number of aliphatic hydroxyl groups excluding tert-OH is 1. The highest BCUT2D eigenvalue weighted by molar-refractivity contribution is 8.13. The van der Waals surface area contributed by atoms with Crippen molar-refractivity contribution in [3.05, 3.63) is 0 Å². The van der Waals surface area contributed by atoms with Crippen LogP contribution in [0.15, 0.2) is 0 Å². The number of aliphatic hydroxyl groups is 1. The lowest BCUT2D eigenvalue weighted by atomic mass is 10.0. The molecule has 1 amide bonds. The van der Waals surface area contributed by atoms with Crippen LogP contribution in [0.2, 0.25) is 0 Å². The van der Waals surface area contributed by atoms with Crippen LogP contribution >= 0.6 is 11.8 Å². The summed E-state index contributed by atoms with van der Waals surface area (Å²) in [6, 6.07) is 0. The first-order valence-electron chi connectivity index (χ1n) is 5.58. The monoisotopic (exact) mass is 247 g/mol. The first-order valence-corrected chi connectivity index (χ1v) is 6.56. The molecule has 0 aliphatic carbocycles. The minimum atomic E-state index is -0.550. The molecular weight excluding hydrogens is 226 g/mol. The van der Waals surface area contributed by atoms with Gasteiger partial charge in [0.15, 0.2) is 5.12 Å². The number of nitrogens with one attached hydrogen (secondary N) is 1. The molecule has 0 bridgehead atoms. The Balaban J connectivity index is 3.74. The molecule has 0 aliphatic rings. The van der Waals surface area contributed by atoms with Crippen LogP contribution in [0.1, 0.15) is 33.6 Å². The Morgan fingerprint density at radius 1 is 1.44 bits per heavy atom. The Bertz CT molecular complexity index is 233. The van der Waals surface area contributed by atoms with E-state index in [0.717, 1.165) is 6.42 Å². The fourth-order valence-corrected chi connectivity index (χ4v) is 2.04. The lowest BCUT2D eigenvalue weighted by Gasteiger charge is -2.16. The molecule has 94 valence electrons. The summed E-state index contributed by atoms with van der Waals surface area (Å²) in [5.41, 5.74) is 0. The molecule has 2 atom stereocenters. The quantitative estimate of drug-likeness (QED) is 0.663. The summed E-state index contributed by atoms with van der Waals surface area (Å²) in [5, 5.41) is 12.2. The molecule has 0 spiro atoms. The number of hydrogen-bond acceptors (Lipinski definition) is 4. The van der Waals surface area contributed by atoms with Gasteiger partial charge in [-0.2, -0.15) is 0 Å². The van der Waals surface area contributed by atoms with Crippen LogP contribution in [-0.4, -0.2) is 34.5 Å². The maximum absolute atomic E-state index is 11.6. The maximum Gasteiger partial charge on any atom is 0.216 e. The van der Waals surface area contributed by atoms with Crippen molar-refractivity contribution in [3.8, 4) is 0 Å². The van der Waals surface area contributed by atoms with E-state index in [1.54, 1.807) is 6.92 Å². The minimum Gasteiger partial charge on any atom is -0.392 e. The Labute approximate surface area is 101 Å². The summed E-state index contributed by atoms with van der Waals surface area (Å²) in [6.45, 7) is 5.65. The summed E-state index contributed by atoms with van der Waals surface area (Å²) < 4.78 is 0. The van der Waals surface area contributed by atoms with Gasteiger partial charge in [0.25, 0.3) is 0 Å². The second-order valence-corrected chi connectivity index (χ2v) is 4.89. The van der Waals surface area contributed by atoms with Crippen molar-refractivity contribution in [1.29, 1.82) is 0 Å². The number of amides is 1.